The molecule has 1 aromatic carbocycles. The molecular weight excluding hydrogens is 440 g/mol. The summed E-state index contributed by atoms with van der Waals surface area (Å²) in [4.78, 5) is 21.5. The van der Waals surface area contributed by atoms with Gasteiger partial charge in [-0.15, -0.1) is 0 Å². The maximum Gasteiger partial charge on any atom is 0.228 e. The Bertz CT molecular complexity index is 1330. The molecule has 2 aromatic heterocycles. The number of allylic oxidation sites excluding steroid dienone is 1. The Morgan fingerprint density at radius 2 is 2.00 bits per heavy atom. The number of carbonyl (C=O) groups excluding carboxylic acids is 1. The standard InChI is InChI=1S/C26H30N8O/c1-17-18(13-25(35)28-17)12-19-16-27-34-24(30-20-6-7-20)15-23(31-26(19)34)29-21-4-3-5-22(14-21)33-10-8-32(2)9-11-33/h3-5,12,14-16,20,30H,1,6-11,13H2,2H3,(H,28,35)(H,29,31)/b18-12+. The minimum absolute atomic E-state index is 0.0376. The number of hydrogen-bond donors (Lipinski definition) is 3. The van der Waals surface area contributed by atoms with Gasteiger partial charge in [0.2, 0.25) is 5.91 Å². The number of rotatable bonds is 6. The molecule has 2 saturated heterocycles. The first kappa shape index (κ1) is 21.7. The van der Waals surface area contributed by atoms with Gasteiger partial charge in [0.25, 0.3) is 0 Å². The second-order valence-electron chi connectivity index (χ2n) is 9.62. The van der Waals surface area contributed by atoms with E-state index in [-0.39, 0.29) is 5.91 Å². The van der Waals surface area contributed by atoms with E-state index in [1.54, 1.807) is 6.20 Å². The van der Waals surface area contributed by atoms with Gasteiger partial charge in [0, 0.05) is 60.9 Å². The topological polar surface area (TPSA) is 89.8 Å². The van der Waals surface area contributed by atoms with Crippen LogP contribution in [0.25, 0.3) is 11.7 Å². The van der Waals surface area contributed by atoms with E-state index in [4.69, 9.17) is 4.98 Å². The Morgan fingerprint density at radius 3 is 2.74 bits per heavy atom. The molecule has 0 radical (unpaired) electrons. The van der Waals surface area contributed by atoms with Gasteiger partial charge in [0.15, 0.2) is 5.65 Å². The van der Waals surface area contributed by atoms with Crippen molar-refractivity contribution in [1.82, 2.24) is 24.8 Å². The lowest BCUT2D eigenvalue weighted by molar-refractivity contribution is -0.118. The first-order valence-corrected chi connectivity index (χ1v) is 12.2. The van der Waals surface area contributed by atoms with Crippen molar-refractivity contribution in [2.75, 3.05) is 48.8 Å². The van der Waals surface area contributed by atoms with Crippen LogP contribution in [0.15, 0.2) is 54.4 Å². The fourth-order valence-electron chi connectivity index (χ4n) is 4.58. The maximum absolute atomic E-state index is 11.8. The fourth-order valence-corrected chi connectivity index (χ4v) is 4.58. The van der Waals surface area contributed by atoms with Gasteiger partial charge < -0.3 is 25.8 Å². The van der Waals surface area contributed by atoms with Crippen LogP contribution in [0.4, 0.5) is 23.0 Å². The minimum Gasteiger partial charge on any atom is -0.369 e. The van der Waals surface area contributed by atoms with E-state index >= 15 is 0 Å². The molecule has 2 aliphatic heterocycles. The summed E-state index contributed by atoms with van der Waals surface area (Å²) in [5.74, 6) is 1.61. The van der Waals surface area contributed by atoms with Crippen LogP contribution in [0, 0.1) is 0 Å². The number of nitrogens with zero attached hydrogens (tertiary/aromatic N) is 5. The van der Waals surface area contributed by atoms with Crippen LogP contribution in [0.2, 0.25) is 0 Å². The molecule has 0 unspecified atom stereocenters. The Hall–Kier alpha value is -3.85. The summed E-state index contributed by atoms with van der Waals surface area (Å²) in [5, 5.41) is 14.4. The summed E-state index contributed by atoms with van der Waals surface area (Å²) in [7, 11) is 2.17. The quantitative estimate of drug-likeness (QED) is 0.510. The van der Waals surface area contributed by atoms with E-state index in [2.05, 4.69) is 68.7 Å². The summed E-state index contributed by atoms with van der Waals surface area (Å²) in [5.41, 5.74) is 5.29. The van der Waals surface area contributed by atoms with Crippen molar-refractivity contribution in [3.63, 3.8) is 0 Å². The van der Waals surface area contributed by atoms with Crippen LogP contribution in [-0.2, 0) is 4.79 Å². The van der Waals surface area contributed by atoms with Crippen LogP contribution in [0.1, 0.15) is 24.8 Å². The number of carbonyl (C=O) groups is 1. The molecule has 6 rings (SSSR count). The van der Waals surface area contributed by atoms with E-state index in [1.807, 2.05) is 16.7 Å². The number of piperazine rings is 1. The van der Waals surface area contributed by atoms with Gasteiger partial charge in [0.05, 0.1) is 12.6 Å². The normalized spacial score (nSPS) is 20.0. The van der Waals surface area contributed by atoms with Crippen LogP contribution < -0.4 is 20.9 Å². The molecule has 9 nitrogen and oxygen atoms in total. The second-order valence-corrected chi connectivity index (χ2v) is 9.62. The molecule has 0 atom stereocenters. The van der Waals surface area contributed by atoms with Crippen molar-refractivity contribution < 1.29 is 4.79 Å². The molecule has 1 aliphatic carbocycles. The van der Waals surface area contributed by atoms with Crippen molar-refractivity contribution in [1.29, 1.82) is 0 Å². The highest BCUT2D eigenvalue weighted by Gasteiger charge is 2.24. The van der Waals surface area contributed by atoms with Gasteiger partial charge in [-0.1, -0.05) is 12.6 Å². The first-order chi connectivity index (χ1) is 17.0. The number of likely N-dealkylation sites (N-methyl/N-ethyl adjacent to an activating group) is 1. The summed E-state index contributed by atoms with van der Waals surface area (Å²) < 4.78 is 1.84. The van der Waals surface area contributed by atoms with E-state index in [0.717, 1.165) is 73.1 Å². The first-order valence-electron chi connectivity index (χ1n) is 12.2. The van der Waals surface area contributed by atoms with Gasteiger partial charge >= 0.3 is 0 Å². The lowest BCUT2D eigenvalue weighted by Crippen LogP contribution is -2.44. The fraction of sp³-hybridized carbons (Fsp3) is 0.346. The Balaban J connectivity index is 1.33. The van der Waals surface area contributed by atoms with E-state index in [0.29, 0.717) is 18.2 Å². The number of nitrogens with one attached hydrogen (secondary N) is 3. The number of benzene rings is 1. The molecule has 1 amide bonds. The zero-order valence-corrected chi connectivity index (χ0v) is 19.9. The van der Waals surface area contributed by atoms with Crippen LogP contribution in [-0.4, -0.2) is 64.7 Å². The van der Waals surface area contributed by atoms with Crippen molar-refractivity contribution in [2.24, 2.45) is 0 Å². The van der Waals surface area contributed by atoms with Gasteiger partial charge in [-0.3, -0.25) is 4.79 Å². The minimum atomic E-state index is -0.0376. The Morgan fingerprint density at radius 1 is 1.17 bits per heavy atom. The summed E-state index contributed by atoms with van der Waals surface area (Å²) in [6.45, 7) is 8.14. The smallest absolute Gasteiger partial charge is 0.228 e. The molecule has 3 fully saturated rings. The number of fused-ring (bicyclic) bond motifs is 1. The SMILES string of the molecule is C=C1NC(=O)C/C1=C\c1cnn2c(NC3CC3)cc(Nc3cccc(N4CCN(C)CC4)c3)nc12. The second kappa shape index (κ2) is 8.74. The third kappa shape index (κ3) is 4.59. The van der Waals surface area contributed by atoms with Crippen molar-refractivity contribution in [2.45, 2.75) is 25.3 Å². The zero-order valence-electron chi connectivity index (χ0n) is 19.9. The molecule has 3 aliphatic rings. The molecule has 35 heavy (non-hydrogen) atoms. The van der Waals surface area contributed by atoms with Gasteiger partial charge in [0.1, 0.15) is 11.6 Å². The largest absolute Gasteiger partial charge is 0.369 e. The maximum atomic E-state index is 11.8. The van der Waals surface area contributed by atoms with Crippen molar-refractivity contribution in [3.05, 3.63) is 59.9 Å². The molecule has 1 saturated carbocycles. The average molecular weight is 471 g/mol. The Labute approximate surface area is 204 Å². The Kier molecular flexibility index (Phi) is 5.41. The molecule has 0 spiro atoms. The highest BCUT2D eigenvalue weighted by molar-refractivity contribution is 5.89. The lowest BCUT2D eigenvalue weighted by Gasteiger charge is -2.34. The molecule has 0 bridgehead atoms. The van der Waals surface area contributed by atoms with Gasteiger partial charge in [-0.05, 0) is 49.7 Å². The average Bonchev–Trinajstić information content (AvgIpc) is 3.48. The highest BCUT2D eigenvalue weighted by atomic mass is 16.1. The molecule has 4 heterocycles. The predicted octanol–water partition coefficient (Wildman–Crippen LogP) is 3.22. The van der Waals surface area contributed by atoms with Gasteiger partial charge in [-0.2, -0.15) is 9.61 Å². The van der Waals surface area contributed by atoms with Gasteiger partial charge in [-0.25, -0.2) is 4.98 Å². The van der Waals surface area contributed by atoms with E-state index in [1.165, 1.54) is 5.69 Å². The molecule has 3 N–H and O–H groups in total. The molecule has 9 heteroatoms. The van der Waals surface area contributed by atoms with Crippen LogP contribution in [0.3, 0.4) is 0 Å². The van der Waals surface area contributed by atoms with Crippen molar-refractivity contribution >= 4 is 40.6 Å². The molecule has 3 aromatic rings. The predicted molar refractivity (Wildman–Crippen MR) is 139 cm³/mol. The lowest BCUT2D eigenvalue weighted by atomic mass is 10.1. The molecular formula is C26H30N8O. The zero-order chi connectivity index (χ0) is 23.9. The van der Waals surface area contributed by atoms with Crippen LogP contribution in [0.5, 0.6) is 0 Å². The number of amides is 1. The van der Waals surface area contributed by atoms with E-state index in [9.17, 15) is 4.79 Å². The van der Waals surface area contributed by atoms with E-state index < -0.39 is 0 Å². The number of aromatic nitrogens is 3. The third-order valence-corrected chi connectivity index (χ3v) is 6.77. The van der Waals surface area contributed by atoms with Crippen molar-refractivity contribution in [3.8, 4) is 0 Å². The summed E-state index contributed by atoms with van der Waals surface area (Å²) >= 11 is 0. The number of hydrogen-bond acceptors (Lipinski definition) is 7. The number of anilines is 4. The summed E-state index contributed by atoms with van der Waals surface area (Å²) in [6, 6.07) is 11.0. The summed E-state index contributed by atoms with van der Waals surface area (Å²) in [6.07, 6.45) is 6.38. The highest BCUT2D eigenvalue weighted by Crippen LogP contribution is 2.30. The molecule has 180 valence electrons. The van der Waals surface area contributed by atoms with Crippen LogP contribution >= 0.6 is 0 Å². The third-order valence-electron chi connectivity index (χ3n) is 6.77. The monoisotopic (exact) mass is 470 g/mol.